The van der Waals surface area contributed by atoms with Gasteiger partial charge in [-0.3, -0.25) is 0 Å². The molecule has 0 aromatic heterocycles. The van der Waals surface area contributed by atoms with Crippen LogP contribution in [-0.4, -0.2) is 7.11 Å². The second-order valence-electron chi connectivity index (χ2n) is 4.43. The van der Waals surface area contributed by atoms with Crippen molar-refractivity contribution in [1.82, 2.24) is 0 Å². The second kappa shape index (κ2) is 4.53. The van der Waals surface area contributed by atoms with E-state index in [-0.39, 0.29) is 10.2 Å². The maximum Gasteiger partial charge on any atom is 0.202 e. The summed E-state index contributed by atoms with van der Waals surface area (Å²) in [6, 6.07) is 1.53. The monoisotopic (exact) mass is 305 g/mol. The third kappa shape index (κ3) is 2.06. The van der Waals surface area contributed by atoms with E-state index < -0.39 is 17.2 Å². The minimum atomic E-state index is -0.978. The average Bonchev–Trinajstić information content (AvgIpc) is 2.74. The standard InChI is InChI=1S/C12H14BrF2NO/c1-17-11-7(12(16)4-2-3-5-12)6-8(13)9(14)10(11)15/h6H,2-5,16H2,1H3. The number of hydrogen-bond acceptors (Lipinski definition) is 2. The van der Waals surface area contributed by atoms with Crippen LogP contribution >= 0.6 is 15.9 Å². The molecule has 1 aromatic carbocycles. The normalized spacial score (nSPS) is 18.4. The van der Waals surface area contributed by atoms with Crippen LogP contribution in [0.4, 0.5) is 8.78 Å². The van der Waals surface area contributed by atoms with Crippen molar-refractivity contribution in [3.8, 4) is 5.75 Å². The molecule has 0 aliphatic heterocycles. The highest BCUT2D eigenvalue weighted by Gasteiger charge is 2.36. The molecule has 17 heavy (non-hydrogen) atoms. The molecule has 1 aliphatic carbocycles. The van der Waals surface area contributed by atoms with E-state index in [1.54, 1.807) is 0 Å². The lowest BCUT2D eigenvalue weighted by Crippen LogP contribution is -2.34. The van der Waals surface area contributed by atoms with Crippen molar-refractivity contribution in [3.63, 3.8) is 0 Å². The zero-order valence-corrected chi connectivity index (χ0v) is 11.1. The van der Waals surface area contributed by atoms with Crippen molar-refractivity contribution in [3.05, 3.63) is 27.7 Å². The summed E-state index contributed by atoms with van der Waals surface area (Å²) in [6.07, 6.45) is 3.52. The number of halogens is 3. The Balaban J connectivity index is 2.60. The van der Waals surface area contributed by atoms with Crippen molar-refractivity contribution >= 4 is 15.9 Å². The molecule has 0 radical (unpaired) electrons. The lowest BCUT2D eigenvalue weighted by atomic mass is 9.88. The maximum absolute atomic E-state index is 13.8. The quantitative estimate of drug-likeness (QED) is 0.849. The van der Waals surface area contributed by atoms with Crippen LogP contribution in [-0.2, 0) is 5.54 Å². The molecule has 94 valence electrons. The smallest absolute Gasteiger partial charge is 0.202 e. The average molecular weight is 306 g/mol. The van der Waals surface area contributed by atoms with E-state index in [1.165, 1.54) is 13.2 Å². The summed E-state index contributed by atoms with van der Waals surface area (Å²) in [5, 5.41) is 0. The van der Waals surface area contributed by atoms with Crippen LogP contribution in [0.15, 0.2) is 10.5 Å². The van der Waals surface area contributed by atoms with Gasteiger partial charge in [-0.2, -0.15) is 4.39 Å². The minimum Gasteiger partial charge on any atom is -0.493 e. The van der Waals surface area contributed by atoms with Crippen LogP contribution in [0.25, 0.3) is 0 Å². The number of nitrogens with two attached hydrogens (primary N) is 1. The summed E-state index contributed by atoms with van der Waals surface area (Å²) < 4.78 is 32.2. The number of benzene rings is 1. The van der Waals surface area contributed by atoms with Crippen molar-refractivity contribution in [2.24, 2.45) is 5.73 Å². The largest absolute Gasteiger partial charge is 0.493 e. The van der Waals surface area contributed by atoms with Crippen molar-refractivity contribution in [2.75, 3.05) is 7.11 Å². The summed E-state index contributed by atoms with van der Waals surface area (Å²) in [7, 11) is 1.33. The molecule has 5 heteroatoms. The lowest BCUT2D eigenvalue weighted by molar-refractivity contribution is 0.344. The Morgan fingerprint density at radius 2 is 1.88 bits per heavy atom. The summed E-state index contributed by atoms with van der Waals surface area (Å²) in [5.74, 6) is -1.99. The topological polar surface area (TPSA) is 35.2 Å². The molecule has 2 nitrogen and oxygen atoms in total. The molecule has 0 atom stereocenters. The predicted molar refractivity (Wildman–Crippen MR) is 64.9 cm³/mol. The van der Waals surface area contributed by atoms with Gasteiger partial charge in [0.2, 0.25) is 5.82 Å². The molecular weight excluding hydrogens is 292 g/mol. The summed E-state index contributed by atoms with van der Waals surface area (Å²) in [5.41, 5.74) is 6.19. The summed E-state index contributed by atoms with van der Waals surface area (Å²) in [4.78, 5) is 0. The number of methoxy groups -OCH3 is 1. The van der Waals surface area contributed by atoms with Gasteiger partial charge in [0.25, 0.3) is 0 Å². The fraction of sp³-hybridized carbons (Fsp3) is 0.500. The Hall–Kier alpha value is -0.680. The van der Waals surface area contributed by atoms with E-state index in [1.807, 2.05) is 0 Å². The highest BCUT2D eigenvalue weighted by molar-refractivity contribution is 9.10. The SMILES string of the molecule is COc1c(C2(N)CCCC2)cc(Br)c(F)c1F. The van der Waals surface area contributed by atoms with E-state index >= 15 is 0 Å². The van der Waals surface area contributed by atoms with Crippen LogP contribution in [0.3, 0.4) is 0 Å². The van der Waals surface area contributed by atoms with Crippen LogP contribution in [0.1, 0.15) is 31.2 Å². The summed E-state index contributed by atoms with van der Waals surface area (Å²) in [6.45, 7) is 0. The Labute approximate surface area is 107 Å². The first kappa shape index (κ1) is 12.8. The fourth-order valence-electron chi connectivity index (χ4n) is 2.42. The maximum atomic E-state index is 13.8. The molecule has 0 spiro atoms. The van der Waals surface area contributed by atoms with Crippen LogP contribution in [0.2, 0.25) is 0 Å². The fourth-order valence-corrected chi connectivity index (χ4v) is 2.83. The number of rotatable bonds is 2. The summed E-state index contributed by atoms with van der Waals surface area (Å²) >= 11 is 3.01. The molecule has 1 saturated carbocycles. The van der Waals surface area contributed by atoms with Gasteiger partial charge in [0, 0.05) is 11.1 Å². The number of ether oxygens (including phenoxy) is 1. The van der Waals surface area contributed by atoms with Crippen LogP contribution in [0, 0.1) is 11.6 Å². The molecule has 0 amide bonds. The van der Waals surface area contributed by atoms with Gasteiger partial charge in [0.1, 0.15) is 0 Å². The molecule has 0 saturated heterocycles. The van der Waals surface area contributed by atoms with Crippen LogP contribution < -0.4 is 10.5 Å². The predicted octanol–water partition coefficient (Wildman–Crippen LogP) is 3.46. The molecule has 0 unspecified atom stereocenters. The Morgan fingerprint density at radius 1 is 1.29 bits per heavy atom. The molecule has 1 fully saturated rings. The van der Waals surface area contributed by atoms with Crippen molar-refractivity contribution in [1.29, 1.82) is 0 Å². The van der Waals surface area contributed by atoms with Gasteiger partial charge < -0.3 is 10.5 Å². The molecule has 0 bridgehead atoms. The van der Waals surface area contributed by atoms with Gasteiger partial charge in [0.15, 0.2) is 11.6 Å². The van der Waals surface area contributed by atoms with E-state index in [0.717, 1.165) is 25.7 Å². The molecular formula is C12H14BrF2NO. The Kier molecular flexibility index (Phi) is 3.41. The van der Waals surface area contributed by atoms with Crippen molar-refractivity contribution in [2.45, 2.75) is 31.2 Å². The molecule has 1 aliphatic rings. The highest BCUT2D eigenvalue weighted by atomic mass is 79.9. The third-order valence-corrected chi connectivity index (χ3v) is 3.93. The first-order chi connectivity index (χ1) is 7.99. The van der Waals surface area contributed by atoms with Gasteiger partial charge in [-0.1, -0.05) is 12.8 Å². The molecule has 0 heterocycles. The Bertz CT molecular complexity index is 445. The molecule has 1 aromatic rings. The zero-order valence-electron chi connectivity index (χ0n) is 9.53. The van der Waals surface area contributed by atoms with Gasteiger partial charge in [-0.05, 0) is 34.8 Å². The first-order valence-corrected chi connectivity index (χ1v) is 6.30. The van der Waals surface area contributed by atoms with E-state index in [9.17, 15) is 8.78 Å². The lowest BCUT2D eigenvalue weighted by Gasteiger charge is -2.26. The van der Waals surface area contributed by atoms with E-state index in [2.05, 4.69) is 15.9 Å². The van der Waals surface area contributed by atoms with Gasteiger partial charge in [-0.15, -0.1) is 0 Å². The molecule has 2 N–H and O–H groups in total. The third-order valence-electron chi connectivity index (χ3n) is 3.35. The van der Waals surface area contributed by atoms with Crippen LogP contribution in [0.5, 0.6) is 5.75 Å². The van der Waals surface area contributed by atoms with Gasteiger partial charge >= 0.3 is 0 Å². The second-order valence-corrected chi connectivity index (χ2v) is 5.28. The zero-order chi connectivity index (χ0) is 12.6. The van der Waals surface area contributed by atoms with E-state index in [0.29, 0.717) is 5.56 Å². The van der Waals surface area contributed by atoms with Gasteiger partial charge in [-0.25, -0.2) is 4.39 Å². The van der Waals surface area contributed by atoms with Crippen molar-refractivity contribution < 1.29 is 13.5 Å². The Morgan fingerprint density at radius 3 is 2.41 bits per heavy atom. The first-order valence-electron chi connectivity index (χ1n) is 5.50. The highest BCUT2D eigenvalue weighted by Crippen LogP contribution is 2.43. The molecule has 2 rings (SSSR count). The minimum absolute atomic E-state index is 0.0740. The van der Waals surface area contributed by atoms with E-state index in [4.69, 9.17) is 10.5 Å². The number of hydrogen-bond donors (Lipinski definition) is 1. The van der Waals surface area contributed by atoms with Gasteiger partial charge in [0.05, 0.1) is 11.6 Å².